The first-order valence-electron chi connectivity index (χ1n) is 5.34. The van der Waals surface area contributed by atoms with Gasteiger partial charge in [-0.3, -0.25) is 0 Å². The first kappa shape index (κ1) is 15.4. The first-order chi connectivity index (χ1) is 7.58. The summed E-state index contributed by atoms with van der Waals surface area (Å²) < 4.78 is 1.07. The molecule has 0 nitrogen and oxygen atoms in total. The number of allylic oxidation sites excluding steroid dienone is 1. The van der Waals surface area contributed by atoms with Crippen LogP contribution in [0.2, 0.25) is 0 Å². The van der Waals surface area contributed by atoms with E-state index in [-0.39, 0.29) is 0 Å². The molecule has 0 heterocycles. The molecular formula is C14H20S2. The summed E-state index contributed by atoms with van der Waals surface area (Å²) in [5, 5.41) is 0. The molecule has 0 aliphatic rings. The number of aryl methyl sites for hydroxylation is 1. The lowest BCUT2D eigenvalue weighted by molar-refractivity contribution is 1.38. The highest BCUT2D eigenvalue weighted by Gasteiger charge is 1.99. The van der Waals surface area contributed by atoms with Crippen LogP contribution in [-0.4, -0.2) is 0 Å². The molecule has 1 aromatic carbocycles. The lowest BCUT2D eigenvalue weighted by atomic mass is 10.2. The van der Waals surface area contributed by atoms with E-state index in [1.807, 2.05) is 20.8 Å². The fourth-order valence-corrected chi connectivity index (χ4v) is 2.76. The molecule has 0 saturated heterocycles. The van der Waals surface area contributed by atoms with Gasteiger partial charge < -0.3 is 0 Å². The van der Waals surface area contributed by atoms with Gasteiger partial charge in [-0.1, -0.05) is 68.2 Å². The van der Waals surface area contributed by atoms with Crippen molar-refractivity contribution < 1.29 is 0 Å². The van der Waals surface area contributed by atoms with Crippen molar-refractivity contribution in [3.63, 3.8) is 0 Å². The molecule has 0 aliphatic heterocycles. The van der Waals surface area contributed by atoms with Crippen LogP contribution in [0.3, 0.4) is 0 Å². The minimum absolute atomic E-state index is 1.07. The Kier molecular flexibility index (Phi) is 8.22. The van der Waals surface area contributed by atoms with Crippen molar-refractivity contribution in [1.29, 1.82) is 0 Å². The van der Waals surface area contributed by atoms with E-state index in [0.717, 1.165) is 9.14 Å². The lowest BCUT2D eigenvalue weighted by Gasteiger charge is -2.04. The van der Waals surface area contributed by atoms with E-state index in [9.17, 15) is 0 Å². The molecule has 1 aromatic rings. The van der Waals surface area contributed by atoms with Gasteiger partial charge in [0.15, 0.2) is 0 Å². The molecule has 1 rings (SSSR count). The molecule has 0 saturated carbocycles. The summed E-state index contributed by atoms with van der Waals surface area (Å²) in [6.07, 6.45) is 0. The summed E-state index contributed by atoms with van der Waals surface area (Å²) in [7, 11) is 0. The van der Waals surface area contributed by atoms with Gasteiger partial charge in [-0.05, 0) is 30.9 Å². The van der Waals surface area contributed by atoms with Crippen molar-refractivity contribution in [2.45, 2.75) is 32.6 Å². The third-order valence-corrected chi connectivity index (χ3v) is 3.35. The summed E-state index contributed by atoms with van der Waals surface area (Å²) in [5.74, 6) is 0. The predicted molar refractivity (Wildman–Crippen MR) is 79.9 cm³/mol. The summed E-state index contributed by atoms with van der Waals surface area (Å²) in [5.41, 5.74) is 1.28. The molecule has 0 aromatic heterocycles. The molecule has 88 valence electrons. The fraction of sp³-hybridized carbons (Fsp3) is 0.286. The number of rotatable bonds is 4. The molecule has 0 aliphatic carbocycles. The average Bonchev–Trinajstić information content (AvgIpc) is 2.23. The van der Waals surface area contributed by atoms with E-state index in [4.69, 9.17) is 0 Å². The molecular weight excluding hydrogens is 232 g/mol. The van der Waals surface area contributed by atoms with E-state index in [2.05, 4.69) is 44.3 Å². The Balaban J connectivity index is 0.00000106. The Morgan fingerprint density at radius 3 is 2.00 bits per heavy atom. The van der Waals surface area contributed by atoms with E-state index in [1.54, 1.807) is 23.5 Å². The minimum Gasteiger partial charge on any atom is -0.0894 e. The monoisotopic (exact) mass is 252 g/mol. The summed E-state index contributed by atoms with van der Waals surface area (Å²) >= 11 is 3.32. The Labute approximate surface area is 108 Å². The largest absolute Gasteiger partial charge is 0.0894 e. The SMILES string of the molecule is C=C(C)SC(=C)Sc1ccc(C)cc1.CC. The van der Waals surface area contributed by atoms with Crippen LogP contribution >= 0.6 is 23.5 Å². The van der Waals surface area contributed by atoms with Gasteiger partial charge in [0, 0.05) is 9.13 Å². The lowest BCUT2D eigenvalue weighted by Crippen LogP contribution is -1.73. The molecule has 0 spiro atoms. The van der Waals surface area contributed by atoms with Gasteiger partial charge in [0.25, 0.3) is 0 Å². The van der Waals surface area contributed by atoms with Crippen LogP contribution in [0.5, 0.6) is 0 Å². The fourth-order valence-electron chi connectivity index (χ4n) is 0.953. The zero-order chi connectivity index (χ0) is 12.6. The van der Waals surface area contributed by atoms with Gasteiger partial charge in [-0.2, -0.15) is 0 Å². The van der Waals surface area contributed by atoms with Crippen LogP contribution in [0, 0.1) is 6.92 Å². The standard InChI is InChI=1S/C12H14S2.C2H6/c1-9(2)13-11(4)14-12-7-5-10(3)6-8-12;1-2/h5-8H,1,4H2,2-3H3;1-2H3. The first-order valence-corrected chi connectivity index (χ1v) is 6.98. The highest BCUT2D eigenvalue weighted by atomic mass is 32.2. The van der Waals surface area contributed by atoms with Gasteiger partial charge in [-0.25, -0.2) is 0 Å². The molecule has 0 unspecified atom stereocenters. The molecule has 16 heavy (non-hydrogen) atoms. The third-order valence-electron chi connectivity index (χ3n) is 1.54. The van der Waals surface area contributed by atoms with Gasteiger partial charge >= 0.3 is 0 Å². The molecule has 0 radical (unpaired) electrons. The van der Waals surface area contributed by atoms with Gasteiger partial charge in [0.2, 0.25) is 0 Å². The predicted octanol–water partition coefficient (Wildman–Crippen LogP) is 5.85. The number of thioether (sulfide) groups is 2. The zero-order valence-electron chi connectivity index (χ0n) is 10.5. The van der Waals surface area contributed by atoms with Gasteiger partial charge in [-0.15, -0.1) is 0 Å². The molecule has 2 heteroatoms. The van der Waals surface area contributed by atoms with Crippen molar-refractivity contribution in [3.05, 3.63) is 52.1 Å². The minimum atomic E-state index is 1.07. The highest BCUT2D eigenvalue weighted by Crippen LogP contribution is 2.36. The number of benzene rings is 1. The Hall–Kier alpha value is -0.600. The summed E-state index contributed by atoms with van der Waals surface area (Å²) in [6, 6.07) is 8.45. The highest BCUT2D eigenvalue weighted by molar-refractivity contribution is 8.23. The summed E-state index contributed by atoms with van der Waals surface area (Å²) in [6.45, 7) is 15.9. The van der Waals surface area contributed by atoms with Gasteiger partial charge in [0.05, 0.1) is 0 Å². The second kappa shape index (κ2) is 8.54. The van der Waals surface area contributed by atoms with E-state index >= 15 is 0 Å². The normalized spacial score (nSPS) is 9.00. The number of hydrogen-bond acceptors (Lipinski definition) is 2. The smallest absolute Gasteiger partial charge is 0.0423 e. The van der Waals surface area contributed by atoms with E-state index < -0.39 is 0 Å². The van der Waals surface area contributed by atoms with Crippen LogP contribution in [0.15, 0.2) is 51.5 Å². The maximum Gasteiger partial charge on any atom is 0.0423 e. The van der Waals surface area contributed by atoms with E-state index in [1.165, 1.54) is 10.5 Å². The second-order valence-electron chi connectivity index (χ2n) is 3.09. The van der Waals surface area contributed by atoms with Crippen molar-refractivity contribution in [2.24, 2.45) is 0 Å². The summed E-state index contributed by atoms with van der Waals surface area (Å²) in [4.78, 5) is 2.31. The Bertz CT molecular complexity index is 336. The van der Waals surface area contributed by atoms with Crippen molar-refractivity contribution in [1.82, 2.24) is 0 Å². The molecule has 0 atom stereocenters. The van der Waals surface area contributed by atoms with Crippen molar-refractivity contribution in [2.75, 3.05) is 0 Å². The quantitative estimate of drug-likeness (QED) is 0.616. The van der Waals surface area contributed by atoms with E-state index in [0.29, 0.717) is 0 Å². The van der Waals surface area contributed by atoms with Crippen molar-refractivity contribution >= 4 is 23.5 Å². The third kappa shape index (κ3) is 6.81. The zero-order valence-corrected chi connectivity index (χ0v) is 12.2. The van der Waals surface area contributed by atoms with Crippen LogP contribution in [0.25, 0.3) is 0 Å². The Morgan fingerprint density at radius 1 is 1.06 bits per heavy atom. The molecule has 0 fully saturated rings. The van der Waals surface area contributed by atoms with Crippen LogP contribution in [-0.2, 0) is 0 Å². The Morgan fingerprint density at radius 2 is 1.56 bits per heavy atom. The van der Waals surface area contributed by atoms with Crippen LogP contribution in [0.4, 0.5) is 0 Å². The van der Waals surface area contributed by atoms with Crippen LogP contribution in [0.1, 0.15) is 26.3 Å². The maximum atomic E-state index is 3.98. The van der Waals surface area contributed by atoms with Crippen molar-refractivity contribution in [3.8, 4) is 0 Å². The van der Waals surface area contributed by atoms with Crippen LogP contribution < -0.4 is 0 Å². The number of hydrogen-bond donors (Lipinski definition) is 0. The second-order valence-corrected chi connectivity index (χ2v) is 5.91. The molecule has 0 amide bonds. The average molecular weight is 252 g/mol. The molecule has 0 N–H and O–H groups in total. The maximum absolute atomic E-state index is 3.98. The molecule has 0 bridgehead atoms. The van der Waals surface area contributed by atoms with Gasteiger partial charge in [0.1, 0.15) is 0 Å². The topological polar surface area (TPSA) is 0 Å².